The molecule has 8 nitrogen and oxygen atoms in total. The fourth-order valence-corrected chi connectivity index (χ4v) is 6.50. The fraction of sp³-hybridized carbons (Fsp3) is 0.655. The van der Waals surface area contributed by atoms with Gasteiger partial charge in [-0.3, -0.25) is 9.79 Å². The van der Waals surface area contributed by atoms with Crippen LogP contribution in [0.5, 0.6) is 0 Å². The van der Waals surface area contributed by atoms with Crippen LogP contribution in [0.2, 0.25) is 5.02 Å². The van der Waals surface area contributed by atoms with E-state index < -0.39 is 23.8 Å². The normalized spacial score (nSPS) is 30.6. The highest BCUT2D eigenvalue weighted by molar-refractivity contribution is 6.30. The molecule has 4 heterocycles. The number of alkyl halides is 1. The van der Waals surface area contributed by atoms with Crippen LogP contribution in [0.4, 0.5) is 4.39 Å². The van der Waals surface area contributed by atoms with E-state index in [1.54, 1.807) is 18.3 Å². The summed E-state index contributed by atoms with van der Waals surface area (Å²) in [6.45, 7) is 4.12. The molecule has 5 rings (SSSR count). The number of hydrogen-bond acceptors (Lipinski definition) is 7. The van der Waals surface area contributed by atoms with Gasteiger partial charge in [-0.1, -0.05) is 23.7 Å². The number of carbonyl (C=O) groups excluding carboxylic acids is 1. The highest BCUT2D eigenvalue weighted by Gasteiger charge is 2.44. The average Bonchev–Trinajstić information content (AvgIpc) is 2.95. The van der Waals surface area contributed by atoms with Gasteiger partial charge in [0, 0.05) is 69.5 Å². The molecule has 0 saturated carbocycles. The van der Waals surface area contributed by atoms with Crippen molar-refractivity contribution in [2.45, 2.75) is 74.0 Å². The second-order valence-corrected chi connectivity index (χ2v) is 11.7. The van der Waals surface area contributed by atoms with E-state index in [9.17, 15) is 4.79 Å². The second kappa shape index (κ2) is 12.7. The minimum atomic E-state index is -2.14. The van der Waals surface area contributed by atoms with Crippen LogP contribution in [0.15, 0.2) is 41.4 Å². The van der Waals surface area contributed by atoms with Gasteiger partial charge in [-0.15, -0.1) is 0 Å². The first kappa shape index (κ1) is 28.6. The predicted octanol–water partition coefficient (Wildman–Crippen LogP) is 3.29. The van der Waals surface area contributed by atoms with Gasteiger partial charge in [0.1, 0.15) is 6.04 Å². The highest BCUT2D eigenvalue weighted by atomic mass is 35.5. The van der Waals surface area contributed by atoms with Crippen LogP contribution in [0.3, 0.4) is 0 Å². The molecular formula is C29H40ClFN4O4. The third-order valence-corrected chi connectivity index (χ3v) is 8.86. The monoisotopic (exact) mass is 562 g/mol. The van der Waals surface area contributed by atoms with Crippen LogP contribution in [0.25, 0.3) is 0 Å². The zero-order valence-electron chi connectivity index (χ0n) is 22.3. The zero-order chi connectivity index (χ0) is 27.3. The number of allylic oxidation sites excluding steroid dienone is 1. The number of halogens is 2. The molecule has 3 saturated heterocycles. The van der Waals surface area contributed by atoms with E-state index in [0.29, 0.717) is 50.8 Å². The average molecular weight is 563 g/mol. The molecule has 0 aromatic heterocycles. The topological polar surface area (TPSA) is 107 Å². The maximum absolute atomic E-state index is 16.4. The third-order valence-electron chi connectivity index (χ3n) is 8.61. The van der Waals surface area contributed by atoms with E-state index in [0.717, 1.165) is 37.8 Å². The van der Waals surface area contributed by atoms with E-state index in [1.165, 1.54) is 12.2 Å². The van der Waals surface area contributed by atoms with E-state index >= 15 is 4.39 Å². The minimum absolute atomic E-state index is 0.0528. The first-order chi connectivity index (χ1) is 18.9. The van der Waals surface area contributed by atoms with Crippen molar-refractivity contribution in [1.82, 2.24) is 10.6 Å². The molecule has 1 aromatic rings. The van der Waals surface area contributed by atoms with Gasteiger partial charge in [0.25, 0.3) is 0 Å². The number of rotatable bonds is 8. The predicted molar refractivity (Wildman–Crippen MR) is 149 cm³/mol. The smallest absolute Gasteiger partial charge is 0.240 e. The highest BCUT2D eigenvalue weighted by Crippen LogP contribution is 2.36. The number of nitrogens with two attached hydrogens (primary N) is 1. The Kier molecular flexibility index (Phi) is 9.36. The molecule has 4 aliphatic rings. The summed E-state index contributed by atoms with van der Waals surface area (Å²) in [4.78, 5) is 17.9. The molecule has 1 spiro atoms. The third kappa shape index (κ3) is 6.89. The lowest BCUT2D eigenvalue weighted by Gasteiger charge is -2.44. The van der Waals surface area contributed by atoms with Crippen molar-refractivity contribution in [1.29, 1.82) is 0 Å². The van der Waals surface area contributed by atoms with Gasteiger partial charge in [-0.2, -0.15) is 0 Å². The maximum Gasteiger partial charge on any atom is 0.240 e. The molecule has 1 aromatic carbocycles. The van der Waals surface area contributed by atoms with Crippen LogP contribution in [-0.2, 0) is 19.0 Å². The fourth-order valence-electron chi connectivity index (χ4n) is 6.37. The van der Waals surface area contributed by atoms with Crippen LogP contribution in [0, 0.1) is 5.92 Å². The van der Waals surface area contributed by atoms with Gasteiger partial charge in [-0.05, 0) is 61.4 Å². The summed E-state index contributed by atoms with van der Waals surface area (Å²) in [5, 5.41) is 6.72. The molecule has 2 unspecified atom stereocenters. The van der Waals surface area contributed by atoms with Crippen molar-refractivity contribution in [3.05, 3.63) is 47.0 Å². The Morgan fingerprint density at radius 1 is 1.15 bits per heavy atom. The number of aliphatic imine (C=N–C) groups is 1. The number of morpholine rings is 1. The first-order valence-electron chi connectivity index (χ1n) is 14.1. The molecule has 3 fully saturated rings. The number of nitrogens with one attached hydrogen (secondary N) is 2. The van der Waals surface area contributed by atoms with E-state index in [1.807, 2.05) is 12.1 Å². The summed E-state index contributed by atoms with van der Waals surface area (Å²) < 4.78 is 34.0. The number of dihydropyridines is 1. The molecule has 214 valence electrons. The number of nitrogens with zero attached hydrogens (tertiary/aromatic N) is 1. The van der Waals surface area contributed by atoms with Crippen molar-refractivity contribution in [2.75, 3.05) is 39.5 Å². The summed E-state index contributed by atoms with van der Waals surface area (Å²) in [6, 6.07) is 5.68. The minimum Gasteiger partial charge on any atom is -0.381 e. The van der Waals surface area contributed by atoms with Gasteiger partial charge >= 0.3 is 0 Å². The molecule has 4 N–H and O–H groups in total. The van der Waals surface area contributed by atoms with Gasteiger partial charge in [0.2, 0.25) is 11.7 Å². The molecule has 0 aliphatic carbocycles. The lowest BCUT2D eigenvalue weighted by atomic mass is 9.76. The summed E-state index contributed by atoms with van der Waals surface area (Å²) in [5.41, 5.74) is 7.30. The molecule has 4 aliphatic heterocycles. The SMILES string of the molecule is N[C@H](C(=O)NC1(F)C=CC=NC1CC[C@@H]1CNCC2(CCOCC2)O1)[C@@H](c1ccc(Cl)cc1)C1CCOCC1. The first-order valence-corrected chi connectivity index (χ1v) is 14.5. The molecule has 10 heteroatoms. The second-order valence-electron chi connectivity index (χ2n) is 11.2. The lowest BCUT2D eigenvalue weighted by molar-refractivity contribution is -0.161. The number of hydrogen-bond donors (Lipinski definition) is 3. The van der Waals surface area contributed by atoms with Crippen molar-refractivity contribution >= 4 is 23.7 Å². The van der Waals surface area contributed by atoms with Gasteiger partial charge in [0.05, 0.1) is 17.7 Å². The number of carbonyl (C=O) groups is 1. The largest absolute Gasteiger partial charge is 0.381 e. The van der Waals surface area contributed by atoms with Crippen LogP contribution >= 0.6 is 11.6 Å². The maximum atomic E-state index is 16.4. The van der Waals surface area contributed by atoms with Crippen molar-refractivity contribution in [3.63, 3.8) is 0 Å². The van der Waals surface area contributed by atoms with E-state index in [2.05, 4.69) is 15.6 Å². The van der Waals surface area contributed by atoms with Gasteiger partial charge < -0.3 is 30.6 Å². The zero-order valence-corrected chi connectivity index (χ0v) is 23.1. The van der Waals surface area contributed by atoms with E-state index in [4.69, 9.17) is 31.5 Å². The Morgan fingerprint density at radius 3 is 2.62 bits per heavy atom. The molecular weight excluding hydrogens is 523 g/mol. The number of amides is 1. The summed E-state index contributed by atoms with van der Waals surface area (Å²) in [6.07, 6.45) is 8.76. The van der Waals surface area contributed by atoms with Gasteiger partial charge in [-0.25, -0.2) is 4.39 Å². The molecule has 0 radical (unpaired) electrons. The van der Waals surface area contributed by atoms with Gasteiger partial charge in [0.15, 0.2) is 0 Å². The summed E-state index contributed by atoms with van der Waals surface area (Å²) in [5.74, 6) is -2.82. The Bertz CT molecular complexity index is 1020. The Balaban J connectivity index is 1.25. The van der Waals surface area contributed by atoms with Crippen LogP contribution in [0.1, 0.15) is 50.0 Å². The van der Waals surface area contributed by atoms with Crippen molar-refractivity contribution in [3.8, 4) is 0 Å². The molecule has 39 heavy (non-hydrogen) atoms. The standard InChI is InChI=1S/C29H40ClFN4O4/c30-22-4-2-20(3-5-22)25(21-8-14-37-15-9-21)26(32)27(36)35-29(31)10-1-13-34-24(29)7-6-23-18-33-19-28(39-23)11-16-38-17-12-28/h1-5,10,13,21,23-26,33H,6-9,11-12,14-19,32H2,(H,35,36)/t23-,24?,25+,26+,29?/m1/s1. The quantitative estimate of drug-likeness (QED) is 0.420. The van der Waals surface area contributed by atoms with E-state index in [-0.39, 0.29) is 23.5 Å². The molecule has 0 bridgehead atoms. The Morgan fingerprint density at radius 2 is 1.87 bits per heavy atom. The lowest BCUT2D eigenvalue weighted by Crippen LogP contribution is -2.58. The van der Waals surface area contributed by atoms with Crippen molar-refractivity contribution in [2.24, 2.45) is 16.6 Å². The van der Waals surface area contributed by atoms with Crippen LogP contribution in [-0.4, -0.2) is 81.2 Å². The number of ether oxygens (including phenoxy) is 3. The molecule has 5 atom stereocenters. The summed E-state index contributed by atoms with van der Waals surface area (Å²) >= 11 is 6.12. The summed E-state index contributed by atoms with van der Waals surface area (Å²) in [7, 11) is 0. The van der Waals surface area contributed by atoms with Crippen molar-refractivity contribution < 1.29 is 23.4 Å². The Hall–Kier alpha value is -1.88. The molecule has 1 amide bonds. The van der Waals surface area contributed by atoms with Crippen LogP contribution < -0.4 is 16.4 Å². The Labute approximate surface area is 234 Å². The number of benzene rings is 1.